The Labute approximate surface area is 231 Å². The molecule has 4 rings (SSSR count). The summed E-state index contributed by atoms with van der Waals surface area (Å²) < 4.78 is 49.8. The predicted octanol–water partition coefficient (Wildman–Crippen LogP) is 3.17. The first-order valence-corrected chi connectivity index (χ1v) is 13.8. The van der Waals surface area contributed by atoms with E-state index < -0.39 is 21.2 Å². The van der Waals surface area contributed by atoms with Crippen molar-refractivity contribution in [2.24, 2.45) is 0 Å². The van der Waals surface area contributed by atoms with Crippen LogP contribution in [0.2, 0.25) is 5.02 Å². The third-order valence-electron chi connectivity index (χ3n) is 6.09. The highest BCUT2D eigenvalue weighted by atomic mass is 35.5. The van der Waals surface area contributed by atoms with Crippen LogP contribution < -0.4 is 14.2 Å². The zero-order valence-corrected chi connectivity index (χ0v) is 23.6. The van der Waals surface area contributed by atoms with Crippen molar-refractivity contribution in [2.75, 3.05) is 32.7 Å². The topological polar surface area (TPSA) is 148 Å². The van der Waals surface area contributed by atoms with E-state index in [1.54, 1.807) is 35.1 Å². The molecule has 0 aliphatic heterocycles. The van der Waals surface area contributed by atoms with Gasteiger partial charge in [0.05, 0.1) is 37.0 Å². The SMILES string of the molecule is CCn1ccc(-c2nnc(NS(=O)(=O)[C@H](C)[C@@H](COC)c3ncc(Cl)cn3)n2-c2c(OC)cccc2OC)n1. The fourth-order valence-electron chi connectivity index (χ4n) is 3.99. The molecular weight excluding hydrogens is 548 g/mol. The fourth-order valence-corrected chi connectivity index (χ4v) is 5.29. The fraction of sp³-hybridized carbons (Fsp3) is 0.375. The van der Waals surface area contributed by atoms with Crippen LogP contribution in [0.3, 0.4) is 0 Å². The average molecular weight is 577 g/mol. The van der Waals surface area contributed by atoms with Crippen LogP contribution in [0.15, 0.2) is 42.9 Å². The number of anilines is 1. The van der Waals surface area contributed by atoms with E-state index in [1.165, 1.54) is 45.2 Å². The first-order valence-electron chi connectivity index (χ1n) is 11.9. The summed E-state index contributed by atoms with van der Waals surface area (Å²) in [6, 6.07) is 6.96. The van der Waals surface area contributed by atoms with Gasteiger partial charge in [-0.2, -0.15) is 5.10 Å². The van der Waals surface area contributed by atoms with Gasteiger partial charge in [-0.25, -0.2) is 18.4 Å². The summed E-state index contributed by atoms with van der Waals surface area (Å²) in [6.45, 7) is 4.18. The first-order chi connectivity index (χ1) is 18.7. The average Bonchev–Trinajstić information content (AvgIpc) is 3.58. The quantitative estimate of drug-likeness (QED) is 0.266. The summed E-state index contributed by atoms with van der Waals surface area (Å²) in [5, 5.41) is 12.3. The number of ether oxygens (including phenoxy) is 3. The molecule has 0 aliphatic carbocycles. The molecule has 4 aromatic rings. The highest BCUT2D eigenvalue weighted by Crippen LogP contribution is 2.37. The number of nitrogens with zero attached hydrogens (tertiary/aromatic N) is 7. The van der Waals surface area contributed by atoms with Crippen molar-refractivity contribution in [1.29, 1.82) is 0 Å². The number of benzene rings is 1. The van der Waals surface area contributed by atoms with Crippen LogP contribution in [0.4, 0.5) is 5.95 Å². The number of hydrogen-bond donors (Lipinski definition) is 1. The molecule has 0 fully saturated rings. The minimum Gasteiger partial charge on any atom is -0.494 e. The maximum Gasteiger partial charge on any atom is 0.243 e. The molecule has 0 amide bonds. The van der Waals surface area contributed by atoms with Gasteiger partial charge in [-0.05, 0) is 32.0 Å². The Kier molecular flexibility index (Phi) is 8.67. The molecule has 1 aromatic carbocycles. The molecule has 0 bridgehead atoms. The highest BCUT2D eigenvalue weighted by Gasteiger charge is 2.35. The minimum atomic E-state index is -4.10. The number of aromatic nitrogens is 7. The molecule has 0 spiro atoms. The number of halogens is 1. The number of nitrogens with one attached hydrogen (secondary N) is 1. The number of rotatable bonds is 12. The number of aryl methyl sites for hydroxylation is 1. The Morgan fingerprint density at radius 1 is 1.05 bits per heavy atom. The van der Waals surface area contributed by atoms with Gasteiger partial charge in [-0.3, -0.25) is 14.0 Å². The van der Waals surface area contributed by atoms with Crippen LogP contribution in [0.5, 0.6) is 11.5 Å². The Hall–Kier alpha value is -3.75. The number of para-hydroxylation sites is 1. The Bertz CT molecular complexity index is 1500. The van der Waals surface area contributed by atoms with E-state index in [4.69, 9.17) is 25.8 Å². The van der Waals surface area contributed by atoms with Gasteiger partial charge in [0.15, 0.2) is 5.82 Å². The lowest BCUT2D eigenvalue weighted by Crippen LogP contribution is -2.34. The van der Waals surface area contributed by atoms with Gasteiger partial charge >= 0.3 is 0 Å². The lowest BCUT2D eigenvalue weighted by atomic mass is 10.1. The van der Waals surface area contributed by atoms with Crippen LogP contribution in [-0.2, 0) is 21.3 Å². The van der Waals surface area contributed by atoms with E-state index in [-0.39, 0.29) is 24.2 Å². The molecule has 2 atom stereocenters. The van der Waals surface area contributed by atoms with Gasteiger partial charge < -0.3 is 14.2 Å². The second-order valence-electron chi connectivity index (χ2n) is 8.42. The molecule has 13 nitrogen and oxygen atoms in total. The molecule has 0 saturated carbocycles. The largest absolute Gasteiger partial charge is 0.494 e. The maximum atomic E-state index is 13.7. The molecule has 39 heavy (non-hydrogen) atoms. The number of sulfonamides is 1. The summed E-state index contributed by atoms with van der Waals surface area (Å²) in [5.74, 6) is 0.583. The van der Waals surface area contributed by atoms with Crippen molar-refractivity contribution in [1.82, 2.24) is 34.5 Å². The normalized spacial score (nSPS) is 13.2. The summed E-state index contributed by atoms with van der Waals surface area (Å²) in [6.07, 6.45) is 4.61. The monoisotopic (exact) mass is 576 g/mol. The second-order valence-corrected chi connectivity index (χ2v) is 10.9. The lowest BCUT2D eigenvalue weighted by molar-refractivity contribution is 0.175. The van der Waals surface area contributed by atoms with Gasteiger partial charge in [0.1, 0.15) is 28.7 Å². The molecule has 0 radical (unpaired) electrons. The molecule has 1 N–H and O–H groups in total. The van der Waals surface area contributed by atoms with Crippen molar-refractivity contribution < 1.29 is 22.6 Å². The molecule has 0 saturated heterocycles. The molecular formula is C24H29ClN8O5S. The first kappa shape index (κ1) is 28.3. The van der Waals surface area contributed by atoms with Crippen molar-refractivity contribution in [3.05, 3.63) is 53.7 Å². The summed E-state index contributed by atoms with van der Waals surface area (Å²) >= 11 is 5.93. The summed E-state index contributed by atoms with van der Waals surface area (Å²) in [4.78, 5) is 8.42. The molecule has 208 valence electrons. The highest BCUT2D eigenvalue weighted by molar-refractivity contribution is 7.93. The molecule has 0 unspecified atom stereocenters. The zero-order chi connectivity index (χ0) is 28.2. The van der Waals surface area contributed by atoms with Crippen LogP contribution in [0.25, 0.3) is 17.2 Å². The standard InChI is InChI=1S/C24H29ClN8O5S/c1-6-32-11-10-18(30-32)23-28-29-24(33(23)21-19(37-4)8-7-9-20(21)38-5)31-39(34,35)15(2)17(14-36-3)22-26-12-16(25)13-27-22/h7-13,15,17H,6,14H2,1-5H3,(H,29,31)/t15-,17-/m1/s1. The number of hydrogen-bond acceptors (Lipinski definition) is 10. The van der Waals surface area contributed by atoms with Gasteiger partial charge in [0, 0.05) is 32.2 Å². The Balaban J connectivity index is 1.83. The molecule has 0 aliphatic rings. The van der Waals surface area contributed by atoms with Crippen LogP contribution in [0.1, 0.15) is 25.6 Å². The lowest BCUT2D eigenvalue weighted by Gasteiger charge is -2.23. The number of methoxy groups -OCH3 is 3. The van der Waals surface area contributed by atoms with E-state index in [0.717, 1.165) is 0 Å². The maximum absolute atomic E-state index is 13.7. The third kappa shape index (κ3) is 5.82. The van der Waals surface area contributed by atoms with Gasteiger partial charge in [0.2, 0.25) is 16.0 Å². The minimum absolute atomic E-state index is 0.0520. The van der Waals surface area contributed by atoms with Crippen LogP contribution in [-0.4, -0.2) is 76.1 Å². The molecule has 3 aromatic heterocycles. The van der Waals surface area contributed by atoms with Gasteiger partial charge in [-0.1, -0.05) is 17.7 Å². The zero-order valence-electron chi connectivity index (χ0n) is 22.1. The second kappa shape index (κ2) is 12.0. The van der Waals surface area contributed by atoms with Gasteiger partial charge in [0.25, 0.3) is 0 Å². The van der Waals surface area contributed by atoms with Gasteiger partial charge in [-0.15, -0.1) is 10.2 Å². The van der Waals surface area contributed by atoms with Crippen molar-refractivity contribution in [2.45, 2.75) is 31.6 Å². The van der Waals surface area contributed by atoms with E-state index in [9.17, 15) is 8.42 Å². The molecule has 3 heterocycles. The molecule has 15 heteroatoms. The van der Waals surface area contributed by atoms with Crippen LogP contribution >= 0.6 is 11.6 Å². The van der Waals surface area contributed by atoms with E-state index in [0.29, 0.717) is 34.4 Å². The van der Waals surface area contributed by atoms with E-state index >= 15 is 0 Å². The summed E-state index contributed by atoms with van der Waals surface area (Å²) in [5.41, 5.74) is 0.871. The van der Waals surface area contributed by atoms with Crippen molar-refractivity contribution >= 4 is 27.6 Å². The van der Waals surface area contributed by atoms with E-state index in [2.05, 4.69) is 30.0 Å². The third-order valence-corrected chi connectivity index (χ3v) is 8.06. The predicted molar refractivity (Wildman–Crippen MR) is 145 cm³/mol. The van der Waals surface area contributed by atoms with Crippen LogP contribution in [0, 0.1) is 0 Å². The van der Waals surface area contributed by atoms with E-state index in [1.807, 2.05) is 6.92 Å². The van der Waals surface area contributed by atoms with Crippen molar-refractivity contribution in [3.63, 3.8) is 0 Å². The van der Waals surface area contributed by atoms with Crippen molar-refractivity contribution in [3.8, 4) is 28.7 Å². The summed E-state index contributed by atoms with van der Waals surface area (Å²) in [7, 11) is 0.373. The smallest absolute Gasteiger partial charge is 0.243 e. The Morgan fingerprint density at radius 2 is 1.72 bits per heavy atom. The Morgan fingerprint density at radius 3 is 2.28 bits per heavy atom.